The Kier molecular flexibility index (Phi) is 19.4. The van der Waals surface area contributed by atoms with Crippen LogP contribution >= 0.6 is 23.5 Å². The summed E-state index contributed by atoms with van der Waals surface area (Å²) in [5, 5.41) is 11.0. The summed E-state index contributed by atoms with van der Waals surface area (Å²) in [5.41, 5.74) is 3.62. The molecule has 0 heterocycles. The van der Waals surface area contributed by atoms with Crippen LogP contribution in [-0.4, -0.2) is 16.6 Å². The zero-order valence-electron chi connectivity index (χ0n) is 24.1. The van der Waals surface area contributed by atoms with E-state index in [0.29, 0.717) is 5.75 Å². The van der Waals surface area contributed by atoms with Gasteiger partial charge in [-0.3, -0.25) is 0 Å². The van der Waals surface area contributed by atoms with Crippen molar-refractivity contribution in [2.24, 2.45) is 0 Å². The number of hydrogen-bond donors (Lipinski definition) is 1. The Balaban J connectivity index is 2.39. The maximum Gasteiger partial charge on any atom is 0.123 e. The van der Waals surface area contributed by atoms with E-state index >= 15 is 0 Å². The van der Waals surface area contributed by atoms with Gasteiger partial charge in [-0.1, -0.05) is 137 Å². The van der Waals surface area contributed by atoms with Gasteiger partial charge in [0.1, 0.15) is 5.75 Å². The van der Waals surface area contributed by atoms with Crippen LogP contribution in [0.4, 0.5) is 0 Å². The molecule has 0 radical (unpaired) electrons. The second kappa shape index (κ2) is 20.7. The average Bonchev–Trinajstić information content (AvgIpc) is 2.82. The molecule has 3 heteroatoms. The molecule has 204 valence electrons. The molecule has 0 spiro atoms. The monoisotopic (exact) mass is 522 g/mol. The molecule has 0 aromatic heterocycles. The van der Waals surface area contributed by atoms with Gasteiger partial charge in [0.05, 0.1) is 0 Å². The largest absolute Gasteiger partial charge is 0.507 e. The van der Waals surface area contributed by atoms with E-state index < -0.39 is 0 Å². The lowest BCUT2D eigenvalue weighted by Crippen LogP contribution is -2.13. The molecule has 1 rings (SSSR count). The number of benzene rings is 1. The van der Waals surface area contributed by atoms with Crippen molar-refractivity contribution in [1.29, 1.82) is 0 Å². The number of aromatic hydroxyl groups is 1. The lowest BCUT2D eigenvalue weighted by molar-refractivity contribution is 0.442. The highest BCUT2D eigenvalue weighted by Gasteiger charge is 2.21. The van der Waals surface area contributed by atoms with Crippen molar-refractivity contribution in [1.82, 2.24) is 0 Å². The molecule has 0 aliphatic carbocycles. The predicted molar refractivity (Wildman–Crippen MR) is 164 cm³/mol. The van der Waals surface area contributed by atoms with Gasteiger partial charge < -0.3 is 5.11 Å². The first kappa shape index (κ1) is 32.7. The Morgan fingerprint density at radius 2 is 1.03 bits per heavy atom. The molecule has 0 amide bonds. The van der Waals surface area contributed by atoms with E-state index in [1.54, 1.807) is 0 Å². The van der Waals surface area contributed by atoms with E-state index in [4.69, 9.17) is 0 Å². The van der Waals surface area contributed by atoms with Crippen LogP contribution in [0.3, 0.4) is 0 Å². The van der Waals surface area contributed by atoms with Gasteiger partial charge in [0, 0.05) is 17.1 Å². The number of phenols is 1. The van der Waals surface area contributed by atoms with Gasteiger partial charge in [-0.05, 0) is 40.9 Å². The van der Waals surface area contributed by atoms with Crippen LogP contribution in [0.15, 0.2) is 12.1 Å². The molecule has 0 bridgehead atoms. The summed E-state index contributed by atoms with van der Waals surface area (Å²) in [6.45, 7) is 11.2. The Labute approximate surface area is 228 Å². The molecule has 0 fully saturated rings. The third-order valence-electron chi connectivity index (χ3n) is 6.87. The number of unbranched alkanes of at least 4 members (excludes halogenated alkanes) is 14. The summed E-state index contributed by atoms with van der Waals surface area (Å²) in [6.07, 6.45) is 22.1. The van der Waals surface area contributed by atoms with Gasteiger partial charge in [0.15, 0.2) is 0 Å². The van der Waals surface area contributed by atoms with Crippen LogP contribution < -0.4 is 0 Å². The van der Waals surface area contributed by atoms with Crippen molar-refractivity contribution in [2.75, 3.05) is 11.5 Å². The minimum Gasteiger partial charge on any atom is -0.507 e. The fourth-order valence-corrected chi connectivity index (χ4v) is 6.52. The summed E-state index contributed by atoms with van der Waals surface area (Å²) in [6, 6.07) is 4.55. The Morgan fingerprint density at radius 1 is 0.600 bits per heavy atom. The number of hydrogen-bond acceptors (Lipinski definition) is 3. The number of phenolic OH excluding ortho intramolecular Hbond substituents is 1. The summed E-state index contributed by atoms with van der Waals surface area (Å²) < 4.78 is 0. The van der Waals surface area contributed by atoms with E-state index in [0.717, 1.165) is 22.6 Å². The topological polar surface area (TPSA) is 20.2 Å². The van der Waals surface area contributed by atoms with Gasteiger partial charge in [0.2, 0.25) is 0 Å². The SMILES string of the molecule is CCCCCCCCCCSCc1cc(CSCCCCCCCCCC)c(O)c(C(C)(C)C)c1. The average molecular weight is 523 g/mol. The fraction of sp³-hybridized carbons (Fsp3) is 0.812. The number of rotatable bonds is 22. The quantitative estimate of drug-likeness (QED) is 0.153. The van der Waals surface area contributed by atoms with Gasteiger partial charge >= 0.3 is 0 Å². The first-order chi connectivity index (χ1) is 16.9. The molecule has 0 aliphatic rings. The Bertz CT molecular complexity index is 635. The second-order valence-electron chi connectivity index (χ2n) is 11.5. The van der Waals surface area contributed by atoms with Crippen LogP contribution in [0.1, 0.15) is 154 Å². The van der Waals surface area contributed by atoms with Crippen molar-refractivity contribution in [2.45, 2.75) is 154 Å². The fourth-order valence-electron chi connectivity index (χ4n) is 4.57. The maximum absolute atomic E-state index is 11.0. The van der Waals surface area contributed by atoms with Gasteiger partial charge in [-0.15, -0.1) is 0 Å². The first-order valence-corrected chi connectivity index (χ1v) is 17.2. The van der Waals surface area contributed by atoms with Gasteiger partial charge in [-0.25, -0.2) is 0 Å². The van der Waals surface area contributed by atoms with Crippen LogP contribution in [0, 0.1) is 0 Å². The van der Waals surface area contributed by atoms with E-state index in [9.17, 15) is 5.11 Å². The van der Waals surface area contributed by atoms with Crippen molar-refractivity contribution in [3.05, 3.63) is 28.8 Å². The molecular formula is C32H58OS2. The minimum atomic E-state index is -0.0280. The van der Waals surface area contributed by atoms with Gasteiger partial charge in [-0.2, -0.15) is 23.5 Å². The van der Waals surface area contributed by atoms with Crippen molar-refractivity contribution in [3.63, 3.8) is 0 Å². The predicted octanol–water partition coefficient (Wildman–Crippen LogP) is 11.4. The van der Waals surface area contributed by atoms with E-state index in [2.05, 4.69) is 58.5 Å². The van der Waals surface area contributed by atoms with Crippen molar-refractivity contribution >= 4 is 23.5 Å². The zero-order valence-corrected chi connectivity index (χ0v) is 25.7. The van der Waals surface area contributed by atoms with Crippen LogP contribution in [-0.2, 0) is 16.9 Å². The van der Waals surface area contributed by atoms with E-state index in [-0.39, 0.29) is 5.41 Å². The third kappa shape index (κ3) is 16.2. The Morgan fingerprint density at radius 3 is 1.49 bits per heavy atom. The highest BCUT2D eigenvalue weighted by atomic mass is 32.2. The molecule has 1 aromatic rings. The molecular weight excluding hydrogens is 464 g/mol. The molecule has 0 atom stereocenters. The summed E-state index contributed by atoms with van der Waals surface area (Å²) in [4.78, 5) is 0. The highest BCUT2D eigenvalue weighted by Crippen LogP contribution is 2.37. The smallest absolute Gasteiger partial charge is 0.123 e. The molecule has 0 saturated heterocycles. The number of thioether (sulfide) groups is 2. The molecule has 1 nitrogen and oxygen atoms in total. The zero-order chi connectivity index (χ0) is 25.8. The first-order valence-electron chi connectivity index (χ1n) is 14.9. The summed E-state index contributed by atoms with van der Waals surface area (Å²) in [7, 11) is 0. The summed E-state index contributed by atoms with van der Waals surface area (Å²) >= 11 is 4.07. The molecule has 1 N–H and O–H groups in total. The standard InChI is InChI=1S/C32H58OS2/c1-6-8-10-12-14-16-18-20-22-34-26-28-24-29(31(33)30(25-28)32(3,4)5)27-35-23-21-19-17-15-13-11-9-7-2/h24-25,33H,6-23,26-27H2,1-5H3. The minimum absolute atomic E-state index is 0.0280. The van der Waals surface area contributed by atoms with E-state index in [1.807, 2.05) is 11.8 Å². The van der Waals surface area contributed by atoms with Crippen molar-refractivity contribution in [3.8, 4) is 5.75 Å². The van der Waals surface area contributed by atoms with Crippen molar-refractivity contribution < 1.29 is 5.11 Å². The maximum atomic E-state index is 11.0. The van der Waals surface area contributed by atoms with Gasteiger partial charge in [0.25, 0.3) is 0 Å². The van der Waals surface area contributed by atoms with E-state index in [1.165, 1.54) is 120 Å². The molecule has 35 heavy (non-hydrogen) atoms. The lowest BCUT2D eigenvalue weighted by Gasteiger charge is -2.23. The second-order valence-corrected chi connectivity index (χ2v) is 13.7. The molecule has 0 unspecified atom stereocenters. The summed E-state index contributed by atoms with van der Waals surface area (Å²) in [5.74, 6) is 5.00. The van der Waals surface area contributed by atoms with Crippen LogP contribution in [0.25, 0.3) is 0 Å². The molecule has 0 saturated carbocycles. The highest BCUT2D eigenvalue weighted by molar-refractivity contribution is 7.98. The normalized spacial score (nSPS) is 11.9. The van der Waals surface area contributed by atoms with Crippen LogP contribution in [0.5, 0.6) is 5.75 Å². The third-order valence-corrected chi connectivity index (χ3v) is 9.07. The molecule has 1 aromatic carbocycles. The van der Waals surface area contributed by atoms with Crippen LogP contribution in [0.2, 0.25) is 0 Å². The lowest BCUT2D eigenvalue weighted by atomic mass is 9.84. The molecule has 0 aliphatic heterocycles. The Hall–Kier alpha value is -0.280.